The highest BCUT2D eigenvalue weighted by Gasteiger charge is 2.23. The van der Waals surface area contributed by atoms with Crippen molar-refractivity contribution in [3.63, 3.8) is 0 Å². The van der Waals surface area contributed by atoms with Crippen molar-refractivity contribution >= 4 is 28.5 Å². The molecule has 7 rings (SSSR count). The van der Waals surface area contributed by atoms with E-state index in [0.717, 1.165) is 90.2 Å². The maximum Gasteiger partial charge on any atom is 0.270 e. The number of rotatable bonds is 13. The molecule has 288 valence electrons. The van der Waals surface area contributed by atoms with Gasteiger partial charge in [0.15, 0.2) is 5.65 Å². The first-order valence-electron chi connectivity index (χ1n) is 19.3. The normalized spacial score (nSPS) is 15.6. The van der Waals surface area contributed by atoms with Crippen molar-refractivity contribution in [3.05, 3.63) is 106 Å². The van der Waals surface area contributed by atoms with Gasteiger partial charge < -0.3 is 25.6 Å². The molecular formula is C42H50FN9O3. The number of nitrogens with zero attached hydrogens (tertiary/aromatic N) is 6. The van der Waals surface area contributed by atoms with E-state index in [1.807, 2.05) is 36.0 Å². The molecular weight excluding hydrogens is 698 g/mol. The predicted octanol–water partition coefficient (Wildman–Crippen LogP) is 5.41. The molecule has 5 heterocycles. The fourth-order valence-corrected chi connectivity index (χ4v) is 7.33. The summed E-state index contributed by atoms with van der Waals surface area (Å²) in [7, 11) is 2.14. The van der Waals surface area contributed by atoms with Gasteiger partial charge in [0.2, 0.25) is 0 Å². The molecule has 2 aromatic carbocycles. The molecule has 0 aliphatic carbocycles. The zero-order valence-electron chi connectivity index (χ0n) is 31.9. The molecule has 3 aromatic heterocycles. The summed E-state index contributed by atoms with van der Waals surface area (Å²) in [5, 5.41) is 15.1. The molecule has 2 aliphatic heterocycles. The van der Waals surface area contributed by atoms with Crippen LogP contribution in [0.1, 0.15) is 70.1 Å². The number of carbonyl (C=O) groups excluding carboxylic acids is 2. The third-order valence-electron chi connectivity index (χ3n) is 10.5. The van der Waals surface area contributed by atoms with Gasteiger partial charge in [-0.15, -0.1) is 0 Å². The Labute approximate surface area is 321 Å². The van der Waals surface area contributed by atoms with E-state index in [4.69, 9.17) is 9.72 Å². The average molecular weight is 748 g/mol. The van der Waals surface area contributed by atoms with Crippen LogP contribution in [-0.4, -0.2) is 93.8 Å². The van der Waals surface area contributed by atoms with Crippen LogP contribution in [0.15, 0.2) is 66.9 Å². The van der Waals surface area contributed by atoms with E-state index in [1.54, 1.807) is 30.3 Å². The Morgan fingerprint density at radius 2 is 1.60 bits per heavy atom. The minimum atomic E-state index is -0.437. The lowest BCUT2D eigenvalue weighted by Gasteiger charge is -2.32. The van der Waals surface area contributed by atoms with Crippen molar-refractivity contribution in [2.45, 2.75) is 65.3 Å². The molecule has 55 heavy (non-hydrogen) atoms. The number of aryl methyl sites for hydroxylation is 2. The molecule has 2 amide bonds. The predicted molar refractivity (Wildman–Crippen MR) is 211 cm³/mol. The van der Waals surface area contributed by atoms with Gasteiger partial charge in [-0.25, -0.2) is 19.0 Å². The topological polar surface area (TPSA) is 130 Å². The SMILES string of the molecule is CCc1nc2c(cnn2CC)c(NC2CCOCC2)c1CNC(=O)c1cccc(C(=O)NCc2ccc(F)c(-c3cccc(CN4CCN(C)CC4)c3)c2)n1. The van der Waals surface area contributed by atoms with Crippen LogP contribution in [0, 0.1) is 5.82 Å². The van der Waals surface area contributed by atoms with Crippen LogP contribution in [0.2, 0.25) is 0 Å². The maximum atomic E-state index is 15.1. The van der Waals surface area contributed by atoms with E-state index in [9.17, 15) is 9.59 Å². The molecule has 2 aliphatic rings. The maximum absolute atomic E-state index is 15.1. The second-order valence-corrected chi connectivity index (χ2v) is 14.4. The highest BCUT2D eigenvalue weighted by molar-refractivity contribution is 5.97. The number of amides is 2. The smallest absolute Gasteiger partial charge is 0.270 e. The fourth-order valence-electron chi connectivity index (χ4n) is 7.33. The number of fused-ring (bicyclic) bond motifs is 1. The van der Waals surface area contributed by atoms with Crippen molar-refractivity contribution in [1.29, 1.82) is 0 Å². The molecule has 0 spiro atoms. The Kier molecular flexibility index (Phi) is 12.1. The first kappa shape index (κ1) is 38.1. The minimum Gasteiger partial charge on any atom is -0.381 e. The van der Waals surface area contributed by atoms with Crippen LogP contribution < -0.4 is 16.0 Å². The molecule has 0 bridgehead atoms. The Hall–Kier alpha value is -5.24. The number of aromatic nitrogens is 4. The van der Waals surface area contributed by atoms with Crippen LogP contribution in [0.5, 0.6) is 0 Å². The first-order valence-corrected chi connectivity index (χ1v) is 19.3. The van der Waals surface area contributed by atoms with E-state index in [2.05, 4.69) is 55.9 Å². The Balaban J connectivity index is 1.01. The quantitative estimate of drug-likeness (QED) is 0.145. The van der Waals surface area contributed by atoms with Gasteiger partial charge in [-0.3, -0.25) is 14.5 Å². The van der Waals surface area contributed by atoms with Crippen molar-refractivity contribution < 1.29 is 18.7 Å². The fraction of sp³-hybridized carbons (Fsp3) is 0.405. The van der Waals surface area contributed by atoms with Crippen molar-refractivity contribution in [2.75, 3.05) is 51.8 Å². The highest BCUT2D eigenvalue weighted by Crippen LogP contribution is 2.31. The third kappa shape index (κ3) is 9.01. The summed E-state index contributed by atoms with van der Waals surface area (Å²) in [5.74, 6) is -1.17. The number of hydrogen-bond donors (Lipinski definition) is 3. The van der Waals surface area contributed by atoms with E-state index in [0.29, 0.717) is 31.7 Å². The Bertz CT molecular complexity index is 2140. The summed E-state index contributed by atoms with van der Waals surface area (Å²) >= 11 is 0. The zero-order valence-corrected chi connectivity index (χ0v) is 31.9. The molecule has 2 saturated heterocycles. The van der Waals surface area contributed by atoms with Gasteiger partial charge in [-0.2, -0.15) is 5.10 Å². The summed E-state index contributed by atoms with van der Waals surface area (Å²) < 4.78 is 22.6. The largest absolute Gasteiger partial charge is 0.381 e. The highest BCUT2D eigenvalue weighted by atomic mass is 19.1. The average Bonchev–Trinajstić information content (AvgIpc) is 3.64. The van der Waals surface area contributed by atoms with Gasteiger partial charge >= 0.3 is 0 Å². The molecule has 3 N–H and O–H groups in total. The number of likely N-dealkylation sites (N-methyl/N-ethyl adjacent to an activating group) is 1. The summed E-state index contributed by atoms with van der Waals surface area (Å²) in [6.45, 7) is 11.4. The number of hydrogen-bond acceptors (Lipinski definition) is 9. The number of benzene rings is 2. The zero-order chi connectivity index (χ0) is 38.3. The molecule has 0 atom stereocenters. The molecule has 5 aromatic rings. The van der Waals surface area contributed by atoms with Gasteiger partial charge in [0.25, 0.3) is 11.8 Å². The van der Waals surface area contributed by atoms with Gasteiger partial charge in [-0.05, 0) is 80.3 Å². The minimum absolute atomic E-state index is 0.109. The molecule has 2 fully saturated rings. The third-order valence-corrected chi connectivity index (χ3v) is 10.5. The first-order chi connectivity index (χ1) is 26.8. The van der Waals surface area contributed by atoms with E-state index in [1.165, 1.54) is 6.07 Å². The van der Waals surface area contributed by atoms with Crippen LogP contribution >= 0.6 is 0 Å². The van der Waals surface area contributed by atoms with E-state index in [-0.39, 0.29) is 36.3 Å². The summed E-state index contributed by atoms with van der Waals surface area (Å²) in [5.41, 5.74) is 6.90. The number of carbonyl (C=O) groups is 2. The molecule has 0 unspecified atom stereocenters. The number of nitrogens with one attached hydrogen (secondary N) is 3. The van der Waals surface area contributed by atoms with Crippen molar-refractivity contribution in [1.82, 2.24) is 40.2 Å². The standard InChI is InChI=1S/C42H50FN9O3/c1-4-36-33(39(47-31-14-20-55-21-15-31)34-26-46-52(5-2)40(34)49-36)25-45-42(54)38-11-7-10-37(48-38)41(53)44-24-28-12-13-35(43)32(23-28)30-9-6-8-29(22-30)27-51-18-16-50(3)17-19-51/h6-13,22-23,26,31H,4-5,14-21,24-25,27H2,1-3H3,(H,44,53)(H,45,54)(H,47,49). The molecule has 0 saturated carbocycles. The van der Waals surface area contributed by atoms with Gasteiger partial charge in [0, 0.05) is 88.4 Å². The van der Waals surface area contributed by atoms with Crippen LogP contribution in [0.25, 0.3) is 22.2 Å². The van der Waals surface area contributed by atoms with E-state index < -0.39 is 11.8 Å². The molecule has 12 nitrogen and oxygen atoms in total. The summed E-state index contributed by atoms with van der Waals surface area (Å²) in [4.78, 5) is 40.9. The second kappa shape index (κ2) is 17.5. The van der Waals surface area contributed by atoms with E-state index >= 15 is 4.39 Å². The number of piperazine rings is 1. The monoisotopic (exact) mass is 747 g/mol. The van der Waals surface area contributed by atoms with Crippen LogP contribution in [-0.2, 0) is 37.3 Å². The number of anilines is 1. The second-order valence-electron chi connectivity index (χ2n) is 14.4. The van der Waals surface area contributed by atoms with Gasteiger partial charge in [0.05, 0.1) is 17.3 Å². The summed E-state index contributed by atoms with van der Waals surface area (Å²) in [6.07, 6.45) is 4.27. The number of halogens is 1. The van der Waals surface area contributed by atoms with Crippen molar-refractivity contribution in [3.8, 4) is 11.1 Å². The van der Waals surface area contributed by atoms with Crippen molar-refractivity contribution in [2.24, 2.45) is 0 Å². The number of ether oxygens (including phenoxy) is 1. The van der Waals surface area contributed by atoms with Gasteiger partial charge in [0.1, 0.15) is 17.2 Å². The van der Waals surface area contributed by atoms with Crippen LogP contribution in [0.3, 0.4) is 0 Å². The Morgan fingerprint density at radius 1 is 0.873 bits per heavy atom. The van der Waals surface area contributed by atoms with Crippen LogP contribution in [0.4, 0.5) is 10.1 Å². The van der Waals surface area contributed by atoms with Gasteiger partial charge in [-0.1, -0.05) is 37.3 Å². The Morgan fingerprint density at radius 3 is 2.33 bits per heavy atom. The lowest BCUT2D eigenvalue weighted by atomic mass is 10.00. The lowest BCUT2D eigenvalue weighted by Crippen LogP contribution is -2.43. The summed E-state index contributed by atoms with van der Waals surface area (Å²) in [6, 6.07) is 17.9. The lowest BCUT2D eigenvalue weighted by molar-refractivity contribution is 0.0904. The molecule has 13 heteroatoms. The number of pyridine rings is 2. The molecule has 0 radical (unpaired) electrons.